The molecule has 16 heavy (non-hydrogen) atoms. The van der Waals surface area contributed by atoms with Gasteiger partial charge in [0.15, 0.2) is 5.78 Å². The van der Waals surface area contributed by atoms with Crippen molar-refractivity contribution in [2.24, 2.45) is 0 Å². The summed E-state index contributed by atoms with van der Waals surface area (Å²) in [5, 5.41) is 0. The molecule has 0 saturated heterocycles. The SMILES string of the molecule is Cc1ccc(C(=O)c2ccccc2S)cc1. The topological polar surface area (TPSA) is 17.1 Å². The maximum absolute atomic E-state index is 12.1. The molecule has 1 nitrogen and oxygen atoms in total. The van der Waals surface area contributed by atoms with Gasteiger partial charge in [-0.3, -0.25) is 4.79 Å². The van der Waals surface area contributed by atoms with Crippen LogP contribution in [0.1, 0.15) is 21.5 Å². The van der Waals surface area contributed by atoms with Gasteiger partial charge in [0.2, 0.25) is 0 Å². The summed E-state index contributed by atoms with van der Waals surface area (Å²) < 4.78 is 0. The first-order valence-corrected chi connectivity index (χ1v) is 5.52. The Balaban J connectivity index is 2.40. The molecule has 0 atom stereocenters. The van der Waals surface area contributed by atoms with Gasteiger partial charge in [-0.2, -0.15) is 0 Å². The van der Waals surface area contributed by atoms with E-state index in [2.05, 4.69) is 12.6 Å². The summed E-state index contributed by atoms with van der Waals surface area (Å²) in [6, 6.07) is 14.9. The van der Waals surface area contributed by atoms with Crippen LogP contribution in [0.15, 0.2) is 53.4 Å². The van der Waals surface area contributed by atoms with Crippen LogP contribution in [0.25, 0.3) is 0 Å². The van der Waals surface area contributed by atoms with Crippen molar-refractivity contribution in [1.82, 2.24) is 0 Å². The molecule has 0 N–H and O–H groups in total. The number of aryl methyl sites for hydroxylation is 1. The van der Waals surface area contributed by atoms with Crippen LogP contribution >= 0.6 is 12.6 Å². The van der Waals surface area contributed by atoms with Crippen molar-refractivity contribution in [1.29, 1.82) is 0 Å². The standard InChI is InChI=1S/C14H12OS/c1-10-6-8-11(9-7-10)14(15)12-4-2-3-5-13(12)16/h2-9,16H,1H3. The normalized spacial score (nSPS) is 10.1. The summed E-state index contributed by atoms with van der Waals surface area (Å²) in [6.45, 7) is 2.00. The molecule has 2 rings (SSSR count). The molecule has 2 heteroatoms. The lowest BCUT2D eigenvalue weighted by Crippen LogP contribution is -2.02. The lowest BCUT2D eigenvalue weighted by molar-refractivity contribution is 0.103. The summed E-state index contributed by atoms with van der Waals surface area (Å²) >= 11 is 4.29. The van der Waals surface area contributed by atoms with Gasteiger partial charge in [-0.25, -0.2) is 0 Å². The first kappa shape index (κ1) is 11.0. The molecule has 0 aliphatic carbocycles. The molecule has 2 aromatic rings. The molecular formula is C14H12OS. The number of benzene rings is 2. The van der Waals surface area contributed by atoms with Crippen molar-refractivity contribution in [2.45, 2.75) is 11.8 Å². The van der Waals surface area contributed by atoms with Crippen LogP contribution < -0.4 is 0 Å². The summed E-state index contributed by atoms with van der Waals surface area (Å²) in [5.41, 5.74) is 2.50. The molecule has 0 radical (unpaired) electrons. The van der Waals surface area contributed by atoms with E-state index in [1.54, 1.807) is 6.07 Å². The maximum Gasteiger partial charge on any atom is 0.194 e. The Morgan fingerprint density at radius 2 is 1.62 bits per heavy atom. The Morgan fingerprint density at radius 1 is 1.00 bits per heavy atom. The highest BCUT2D eigenvalue weighted by Crippen LogP contribution is 2.17. The van der Waals surface area contributed by atoms with E-state index in [0.717, 1.165) is 5.56 Å². The van der Waals surface area contributed by atoms with Crippen molar-refractivity contribution in [3.63, 3.8) is 0 Å². The highest BCUT2D eigenvalue weighted by molar-refractivity contribution is 7.80. The molecule has 0 spiro atoms. The van der Waals surface area contributed by atoms with Gasteiger partial charge >= 0.3 is 0 Å². The predicted molar refractivity (Wildman–Crippen MR) is 68.3 cm³/mol. The molecule has 0 heterocycles. The highest BCUT2D eigenvalue weighted by Gasteiger charge is 2.10. The van der Waals surface area contributed by atoms with Crippen LogP contribution in [0, 0.1) is 6.92 Å². The van der Waals surface area contributed by atoms with Gasteiger partial charge in [-0.15, -0.1) is 12.6 Å². The van der Waals surface area contributed by atoms with Crippen molar-refractivity contribution in [2.75, 3.05) is 0 Å². The molecular weight excluding hydrogens is 216 g/mol. The lowest BCUT2D eigenvalue weighted by Gasteiger charge is -2.04. The van der Waals surface area contributed by atoms with Crippen LogP contribution in [-0.2, 0) is 0 Å². The zero-order valence-corrected chi connectivity index (χ0v) is 9.87. The number of carbonyl (C=O) groups excluding carboxylic acids is 1. The molecule has 0 amide bonds. The third kappa shape index (κ3) is 2.17. The van der Waals surface area contributed by atoms with E-state index in [1.807, 2.05) is 49.4 Å². The highest BCUT2D eigenvalue weighted by atomic mass is 32.1. The number of rotatable bonds is 2. The van der Waals surface area contributed by atoms with Crippen molar-refractivity contribution in [3.8, 4) is 0 Å². The smallest absolute Gasteiger partial charge is 0.194 e. The van der Waals surface area contributed by atoms with E-state index in [-0.39, 0.29) is 5.78 Å². The molecule has 2 aromatic carbocycles. The van der Waals surface area contributed by atoms with Gasteiger partial charge in [0.1, 0.15) is 0 Å². The Morgan fingerprint density at radius 3 is 2.25 bits per heavy atom. The molecule has 0 aromatic heterocycles. The van der Waals surface area contributed by atoms with E-state index >= 15 is 0 Å². The molecule has 0 aliphatic rings. The summed E-state index contributed by atoms with van der Waals surface area (Å²) in [6.07, 6.45) is 0. The molecule has 0 bridgehead atoms. The second kappa shape index (κ2) is 4.54. The largest absolute Gasteiger partial charge is 0.289 e. The van der Waals surface area contributed by atoms with Crippen LogP contribution in [0.3, 0.4) is 0 Å². The Hall–Kier alpha value is -1.54. The minimum absolute atomic E-state index is 0.0191. The monoisotopic (exact) mass is 228 g/mol. The van der Waals surface area contributed by atoms with Crippen LogP contribution in [-0.4, -0.2) is 5.78 Å². The van der Waals surface area contributed by atoms with Crippen LogP contribution in [0.5, 0.6) is 0 Å². The van der Waals surface area contributed by atoms with Gasteiger partial charge in [0, 0.05) is 16.0 Å². The maximum atomic E-state index is 12.1. The molecule has 0 saturated carbocycles. The average molecular weight is 228 g/mol. The molecule has 0 aliphatic heterocycles. The summed E-state index contributed by atoms with van der Waals surface area (Å²) in [7, 11) is 0. The lowest BCUT2D eigenvalue weighted by atomic mass is 10.0. The van der Waals surface area contributed by atoms with Crippen molar-refractivity contribution >= 4 is 18.4 Å². The van der Waals surface area contributed by atoms with Crippen molar-refractivity contribution in [3.05, 3.63) is 65.2 Å². The Labute approximate surface area is 101 Å². The zero-order chi connectivity index (χ0) is 11.5. The summed E-state index contributed by atoms with van der Waals surface area (Å²) in [5.74, 6) is 0.0191. The number of ketones is 1. The van der Waals surface area contributed by atoms with Gasteiger partial charge in [-0.1, -0.05) is 42.0 Å². The van der Waals surface area contributed by atoms with Gasteiger partial charge in [-0.05, 0) is 19.1 Å². The Kier molecular flexibility index (Phi) is 3.11. The van der Waals surface area contributed by atoms with Crippen LogP contribution in [0.4, 0.5) is 0 Å². The second-order valence-corrected chi connectivity index (χ2v) is 4.19. The first-order chi connectivity index (χ1) is 7.68. The van der Waals surface area contributed by atoms with Gasteiger partial charge in [0.25, 0.3) is 0 Å². The summed E-state index contributed by atoms with van der Waals surface area (Å²) in [4.78, 5) is 12.8. The average Bonchev–Trinajstić information content (AvgIpc) is 2.30. The third-order valence-electron chi connectivity index (χ3n) is 2.46. The fourth-order valence-corrected chi connectivity index (χ4v) is 1.79. The quantitative estimate of drug-likeness (QED) is 0.615. The fraction of sp³-hybridized carbons (Fsp3) is 0.0714. The first-order valence-electron chi connectivity index (χ1n) is 5.08. The molecule has 0 unspecified atom stereocenters. The molecule has 0 fully saturated rings. The van der Waals surface area contributed by atoms with Crippen LogP contribution in [0.2, 0.25) is 0 Å². The van der Waals surface area contributed by atoms with Gasteiger partial charge < -0.3 is 0 Å². The number of carbonyl (C=O) groups is 1. The number of hydrogen-bond acceptors (Lipinski definition) is 2. The fourth-order valence-electron chi connectivity index (χ4n) is 1.53. The number of hydrogen-bond donors (Lipinski definition) is 1. The second-order valence-electron chi connectivity index (χ2n) is 3.71. The number of thiol groups is 1. The van der Waals surface area contributed by atoms with E-state index in [9.17, 15) is 4.79 Å². The van der Waals surface area contributed by atoms with E-state index in [1.165, 1.54) is 0 Å². The predicted octanol–water partition coefficient (Wildman–Crippen LogP) is 3.51. The minimum Gasteiger partial charge on any atom is -0.289 e. The molecule has 80 valence electrons. The third-order valence-corrected chi connectivity index (χ3v) is 2.85. The van der Waals surface area contributed by atoms with Crippen molar-refractivity contribution < 1.29 is 4.79 Å². The van der Waals surface area contributed by atoms with E-state index in [0.29, 0.717) is 16.0 Å². The van der Waals surface area contributed by atoms with E-state index < -0.39 is 0 Å². The Bertz CT molecular complexity index is 515. The minimum atomic E-state index is 0.0191. The van der Waals surface area contributed by atoms with E-state index in [4.69, 9.17) is 0 Å². The zero-order valence-electron chi connectivity index (χ0n) is 8.97. The van der Waals surface area contributed by atoms with Gasteiger partial charge in [0.05, 0.1) is 0 Å².